The van der Waals surface area contributed by atoms with Gasteiger partial charge in [-0.2, -0.15) is 10.2 Å². The number of aromatic amines is 1. The molecular formula is C19H15N5O5. The van der Waals surface area contributed by atoms with E-state index < -0.39 is 16.8 Å². The number of hydrogen-bond donors (Lipinski definition) is 2. The molecule has 0 saturated carbocycles. The fourth-order valence-corrected chi connectivity index (χ4v) is 2.26. The van der Waals surface area contributed by atoms with Crippen LogP contribution in [0.5, 0.6) is 5.75 Å². The van der Waals surface area contributed by atoms with Crippen molar-refractivity contribution in [1.82, 2.24) is 15.6 Å². The summed E-state index contributed by atoms with van der Waals surface area (Å²) in [6.07, 6.45) is 1.43. The molecule has 0 saturated heterocycles. The number of hydrogen-bond acceptors (Lipinski definition) is 7. The zero-order chi connectivity index (χ0) is 20.8. The minimum absolute atomic E-state index is 0.111. The van der Waals surface area contributed by atoms with E-state index in [2.05, 4.69) is 20.7 Å². The second-order valence-corrected chi connectivity index (χ2v) is 5.90. The Balaban J connectivity index is 1.56. The van der Waals surface area contributed by atoms with Crippen LogP contribution in [0.4, 0.5) is 5.69 Å². The zero-order valence-electron chi connectivity index (χ0n) is 15.2. The second kappa shape index (κ2) is 8.57. The van der Waals surface area contributed by atoms with Crippen molar-refractivity contribution < 1.29 is 19.2 Å². The van der Waals surface area contributed by atoms with Crippen molar-refractivity contribution in [3.8, 4) is 5.75 Å². The van der Waals surface area contributed by atoms with Crippen molar-refractivity contribution in [3.05, 3.63) is 87.2 Å². The first-order chi connectivity index (χ1) is 13.9. The molecule has 0 bridgehead atoms. The standard InChI is InChI=1S/C19H15N5O5/c1-12-10-17(22-21-12)18(25)23-20-11-13-2-8-16(9-3-13)29-19(26)14-4-6-15(7-5-14)24(27)28/h2-11H,1H3,(H,21,22)(H,23,25)/b20-11-. The third-order valence-electron chi connectivity index (χ3n) is 3.72. The summed E-state index contributed by atoms with van der Waals surface area (Å²) in [6.45, 7) is 1.78. The van der Waals surface area contributed by atoms with Gasteiger partial charge in [0.1, 0.15) is 5.75 Å². The van der Waals surface area contributed by atoms with E-state index in [1.807, 2.05) is 0 Å². The molecule has 10 nitrogen and oxygen atoms in total. The van der Waals surface area contributed by atoms with Crippen LogP contribution in [0.25, 0.3) is 0 Å². The van der Waals surface area contributed by atoms with Crippen molar-refractivity contribution in [3.63, 3.8) is 0 Å². The van der Waals surface area contributed by atoms with E-state index in [1.54, 1.807) is 37.3 Å². The van der Waals surface area contributed by atoms with Crippen LogP contribution in [0.1, 0.15) is 32.1 Å². The van der Waals surface area contributed by atoms with Gasteiger partial charge in [0.2, 0.25) is 0 Å². The van der Waals surface area contributed by atoms with E-state index >= 15 is 0 Å². The third kappa shape index (κ3) is 5.10. The van der Waals surface area contributed by atoms with Crippen LogP contribution in [0.3, 0.4) is 0 Å². The fraction of sp³-hybridized carbons (Fsp3) is 0.0526. The van der Waals surface area contributed by atoms with Gasteiger partial charge in [0.25, 0.3) is 11.6 Å². The van der Waals surface area contributed by atoms with E-state index in [0.29, 0.717) is 11.3 Å². The molecule has 3 rings (SSSR count). The van der Waals surface area contributed by atoms with Crippen molar-refractivity contribution in [2.45, 2.75) is 6.92 Å². The van der Waals surface area contributed by atoms with Crippen LogP contribution in [0, 0.1) is 17.0 Å². The number of rotatable bonds is 6. The van der Waals surface area contributed by atoms with Crippen LogP contribution >= 0.6 is 0 Å². The van der Waals surface area contributed by atoms with Gasteiger partial charge in [-0.1, -0.05) is 0 Å². The normalized spacial score (nSPS) is 10.7. The lowest BCUT2D eigenvalue weighted by Gasteiger charge is -2.04. The number of nitrogens with zero attached hydrogens (tertiary/aromatic N) is 3. The van der Waals surface area contributed by atoms with Crippen LogP contribution in [-0.2, 0) is 0 Å². The number of amides is 1. The average molecular weight is 393 g/mol. The molecule has 0 fully saturated rings. The molecule has 1 heterocycles. The topological polar surface area (TPSA) is 140 Å². The SMILES string of the molecule is Cc1cc(C(=O)N/N=C\c2ccc(OC(=O)c3ccc([N+](=O)[O-])cc3)cc2)n[nH]1. The van der Waals surface area contributed by atoms with Crippen molar-refractivity contribution in [2.24, 2.45) is 5.10 Å². The summed E-state index contributed by atoms with van der Waals surface area (Å²) in [5, 5.41) is 21.0. The Labute approximate surface area is 164 Å². The predicted molar refractivity (Wildman–Crippen MR) is 103 cm³/mol. The number of benzene rings is 2. The van der Waals surface area contributed by atoms with Gasteiger partial charge in [-0.15, -0.1) is 0 Å². The van der Waals surface area contributed by atoms with E-state index in [-0.39, 0.29) is 16.9 Å². The van der Waals surface area contributed by atoms with Crippen LogP contribution in [0.15, 0.2) is 59.7 Å². The lowest BCUT2D eigenvalue weighted by Crippen LogP contribution is -2.18. The molecule has 3 aromatic rings. The lowest BCUT2D eigenvalue weighted by molar-refractivity contribution is -0.384. The number of aryl methyl sites for hydroxylation is 1. The molecule has 0 aliphatic rings. The molecule has 2 aromatic carbocycles. The molecule has 29 heavy (non-hydrogen) atoms. The molecule has 1 aromatic heterocycles. The number of carbonyl (C=O) groups excluding carboxylic acids is 2. The molecule has 0 radical (unpaired) electrons. The first-order valence-corrected chi connectivity index (χ1v) is 8.34. The van der Waals surface area contributed by atoms with Crippen molar-refractivity contribution in [2.75, 3.05) is 0 Å². The van der Waals surface area contributed by atoms with Gasteiger partial charge in [-0.3, -0.25) is 20.0 Å². The van der Waals surface area contributed by atoms with Gasteiger partial charge in [-0.05, 0) is 55.0 Å². The Morgan fingerprint density at radius 2 is 1.86 bits per heavy atom. The van der Waals surface area contributed by atoms with Gasteiger partial charge in [-0.25, -0.2) is 10.2 Å². The minimum atomic E-state index is -0.636. The lowest BCUT2D eigenvalue weighted by atomic mass is 10.2. The maximum absolute atomic E-state index is 12.1. The third-order valence-corrected chi connectivity index (χ3v) is 3.72. The number of ether oxygens (including phenoxy) is 1. The number of carbonyl (C=O) groups is 2. The Morgan fingerprint density at radius 3 is 2.45 bits per heavy atom. The molecule has 146 valence electrons. The summed E-state index contributed by atoms with van der Waals surface area (Å²) in [4.78, 5) is 34.0. The summed E-state index contributed by atoms with van der Waals surface area (Å²) in [6, 6.07) is 13.1. The summed E-state index contributed by atoms with van der Waals surface area (Å²) in [7, 11) is 0. The smallest absolute Gasteiger partial charge is 0.343 e. The van der Waals surface area contributed by atoms with Gasteiger partial charge in [0.05, 0.1) is 16.7 Å². The highest BCUT2D eigenvalue weighted by atomic mass is 16.6. The second-order valence-electron chi connectivity index (χ2n) is 5.90. The van der Waals surface area contributed by atoms with Gasteiger partial charge in [0.15, 0.2) is 5.69 Å². The van der Waals surface area contributed by atoms with Crippen LogP contribution < -0.4 is 10.2 Å². The van der Waals surface area contributed by atoms with Crippen LogP contribution in [0.2, 0.25) is 0 Å². The summed E-state index contributed by atoms with van der Waals surface area (Å²) >= 11 is 0. The largest absolute Gasteiger partial charge is 0.423 e. The summed E-state index contributed by atoms with van der Waals surface area (Å²) < 4.78 is 5.22. The number of esters is 1. The molecule has 0 spiro atoms. The average Bonchev–Trinajstić information content (AvgIpc) is 3.15. The van der Waals surface area contributed by atoms with E-state index in [1.165, 1.54) is 30.5 Å². The van der Waals surface area contributed by atoms with Gasteiger partial charge in [0, 0.05) is 17.8 Å². The molecule has 10 heteroatoms. The van der Waals surface area contributed by atoms with Gasteiger partial charge >= 0.3 is 5.97 Å². The zero-order valence-corrected chi connectivity index (χ0v) is 15.2. The molecule has 0 atom stereocenters. The monoisotopic (exact) mass is 393 g/mol. The Hall–Kier alpha value is -4.34. The predicted octanol–water partition coefficient (Wildman–Crippen LogP) is 2.61. The number of nitro benzene ring substituents is 1. The van der Waals surface area contributed by atoms with Crippen LogP contribution in [-0.4, -0.2) is 33.2 Å². The number of nitro groups is 1. The number of nitrogens with one attached hydrogen (secondary N) is 2. The fourth-order valence-electron chi connectivity index (χ4n) is 2.26. The van der Waals surface area contributed by atoms with E-state index in [4.69, 9.17) is 4.74 Å². The molecule has 2 N–H and O–H groups in total. The quantitative estimate of drug-likeness (QED) is 0.217. The highest BCUT2D eigenvalue weighted by Crippen LogP contribution is 2.16. The Bertz CT molecular complexity index is 1070. The van der Waals surface area contributed by atoms with Crippen molar-refractivity contribution in [1.29, 1.82) is 0 Å². The Morgan fingerprint density at radius 1 is 1.17 bits per heavy atom. The minimum Gasteiger partial charge on any atom is -0.423 e. The number of H-pyrrole nitrogens is 1. The number of hydrazone groups is 1. The maximum Gasteiger partial charge on any atom is 0.343 e. The van der Waals surface area contributed by atoms with E-state index in [0.717, 1.165) is 5.69 Å². The highest BCUT2D eigenvalue weighted by molar-refractivity contribution is 5.93. The maximum atomic E-state index is 12.1. The number of non-ortho nitro benzene ring substituents is 1. The first-order valence-electron chi connectivity index (χ1n) is 8.34. The molecule has 0 aliphatic carbocycles. The van der Waals surface area contributed by atoms with Gasteiger partial charge < -0.3 is 4.74 Å². The number of aromatic nitrogens is 2. The summed E-state index contributed by atoms with van der Waals surface area (Å²) in [5.74, 6) is -0.788. The molecule has 0 unspecified atom stereocenters. The Kier molecular flexibility index (Phi) is 5.74. The first kappa shape index (κ1) is 19.4. The van der Waals surface area contributed by atoms with E-state index in [9.17, 15) is 19.7 Å². The summed E-state index contributed by atoms with van der Waals surface area (Å²) in [5.41, 5.74) is 4.09. The molecular weight excluding hydrogens is 378 g/mol. The molecule has 1 amide bonds. The van der Waals surface area contributed by atoms with Crippen molar-refractivity contribution >= 4 is 23.8 Å². The molecule has 0 aliphatic heterocycles. The highest BCUT2D eigenvalue weighted by Gasteiger charge is 2.11.